The van der Waals surface area contributed by atoms with E-state index in [1.165, 1.54) is 0 Å². The Morgan fingerprint density at radius 2 is 2.20 bits per heavy atom. The summed E-state index contributed by atoms with van der Waals surface area (Å²) in [4.78, 5) is 0. The van der Waals surface area contributed by atoms with Crippen LogP contribution in [0.25, 0.3) is 0 Å². The fourth-order valence-corrected chi connectivity index (χ4v) is 1.83. The SMILES string of the molecule is CCC(O)C(C)N(C)PP. The van der Waals surface area contributed by atoms with Crippen LogP contribution in [0, 0.1) is 0 Å². The van der Waals surface area contributed by atoms with Crippen molar-refractivity contribution in [1.82, 2.24) is 4.67 Å². The summed E-state index contributed by atoms with van der Waals surface area (Å²) in [6, 6.07) is 0.279. The van der Waals surface area contributed by atoms with Gasteiger partial charge in [0.05, 0.1) is 6.10 Å². The van der Waals surface area contributed by atoms with E-state index in [1.54, 1.807) is 0 Å². The van der Waals surface area contributed by atoms with Gasteiger partial charge in [-0.3, -0.25) is 4.67 Å². The van der Waals surface area contributed by atoms with Crippen LogP contribution >= 0.6 is 17.3 Å². The van der Waals surface area contributed by atoms with E-state index in [9.17, 15) is 5.11 Å². The van der Waals surface area contributed by atoms with Crippen LogP contribution in [0.2, 0.25) is 0 Å². The molecule has 2 nitrogen and oxygen atoms in total. The van der Waals surface area contributed by atoms with Gasteiger partial charge < -0.3 is 5.11 Å². The number of hydrogen-bond donors (Lipinski definition) is 1. The second-order valence-electron chi connectivity index (χ2n) is 2.46. The van der Waals surface area contributed by atoms with Crippen molar-refractivity contribution in [3.63, 3.8) is 0 Å². The van der Waals surface area contributed by atoms with Gasteiger partial charge in [-0.2, -0.15) is 0 Å². The van der Waals surface area contributed by atoms with Crippen molar-refractivity contribution in [2.24, 2.45) is 0 Å². The van der Waals surface area contributed by atoms with Crippen molar-refractivity contribution >= 4 is 17.3 Å². The Balaban J connectivity index is 3.69. The lowest BCUT2D eigenvalue weighted by Gasteiger charge is -2.26. The predicted molar refractivity (Wildman–Crippen MR) is 51.5 cm³/mol. The minimum absolute atomic E-state index is 0.182. The van der Waals surface area contributed by atoms with Gasteiger partial charge in [0.15, 0.2) is 0 Å². The van der Waals surface area contributed by atoms with Gasteiger partial charge in [0.1, 0.15) is 0 Å². The molecule has 4 heteroatoms. The maximum atomic E-state index is 9.38. The second-order valence-corrected chi connectivity index (χ2v) is 4.19. The van der Waals surface area contributed by atoms with Crippen LogP contribution in [0.4, 0.5) is 0 Å². The quantitative estimate of drug-likeness (QED) is 0.664. The number of likely N-dealkylation sites (N-methyl/N-ethyl adjacent to an activating group) is 1. The van der Waals surface area contributed by atoms with E-state index in [-0.39, 0.29) is 12.1 Å². The molecule has 4 atom stereocenters. The molecule has 0 spiro atoms. The average molecular weight is 181 g/mol. The lowest BCUT2D eigenvalue weighted by atomic mass is 10.1. The summed E-state index contributed by atoms with van der Waals surface area (Å²) in [7, 11) is 5.39. The highest BCUT2D eigenvalue weighted by Crippen LogP contribution is 2.27. The Hall–Kier alpha value is 0.780. The van der Waals surface area contributed by atoms with Crippen LogP contribution in [0.5, 0.6) is 0 Å². The lowest BCUT2D eigenvalue weighted by molar-refractivity contribution is 0.107. The summed E-state index contributed by atoms with van der Waals surface area (Å²) in [5.74, 6) is 0. The van der Waals surface area contributed by atoms with Gasteiger partial charge in [-0.25, -0.2) is 0 Å². The predicted octanol–water partition coefficient (Wildman–Crippen LogP) is 1.46. The first kappa shape index (κ1) is 10.8. The first-order valence-corrected chi connectivity index (χ1v) is 6.26. The van der Waals surface area contributed by atoms with Crippen LogP contribution in [0.1, 0.15) is 20.3 Å². The van der Waals surface area contributed by atoms with Crippen LogP contribution in [0.3, 0.4) is 0 Å². The Morgan fingerprint density at radius 3 is 2.50 bits per heavy atom. The van der Waals surface area contributed by atoms with Crippen molar-refractivity contribution < 1.29 is 5.11 Å². The highest BCUT2D eigenvalue weighted by Gasteiger charge is 2.14. The molecule has 0 aromatic carbocycles. The highest BCUT2D eigenvalue weighted by molar-refractivity contribution is 8.01. The topological polar surface area (TPSA) is 23.5 Å². The number of rotatable bonds is 4. The summed E-state index contributed by atoms with van der Waals surface area (Å²) < 4.78 is 2.14. The first-order valence-electron chi connectivity index (χ1n) is 3.50. The molecule has 4 unspecified atom stereocenters. The molecule has 62 valence electrons. The molecule has 0 bridgehead atoms. The normalized spacial score (nSPS) is 18.6. The number of aliphatic hydroxyl groups excluding tert-OH is 1. The lowest BCUT2D eigenvalue weighted by Crippen LogP contribution is -2.32. The zero-order chi connectivity index (χ0) is 8.15. The summed E-state index contributed by atoms with van der Waals surface area (Å²) in [5.41, 5.74) is 0. The van der Waals surface area contributed by atoms with Gasteiger partial charge in [-0.1, -0.05) is 15.9 Å². The maximum Gasteiger partial charge on any atom is 0.0693 e. The second kappa shape index (κ2) is 5.43. The molecule has 0 aliphatic carbocycles. The molecule has 0 saturated heterocycles. The number of aliphatic hydroxyl groups is 1. The smallest absolute Gasteiger partial charge is 0.0693 e. The fourth-order valence-electron chi connectivity index (χ4n) is 0.717. The fraction of sp³-hybridized carbons (Fsp3) is 1.00. The molecule has 0 fully saturated rings. The van der Waals surface area contributed by atoms with E-state index in [1.807, 2.05) is 20.9 Å². The van der Waals surface area contributed by atoms with Crippen LogP contribution < -0.4 is 0 Å². The Morgan fingerprint density at radius 1 is 1.70 bits per heavy atom. The van der Waals surface area contributed by atoms with Gasteiger partial charge >= 0.3 is 0 Å². The molecule has 0 aliphatic rings. The van der Waals surface area contributed by atoms with Gasteiger partial charge in [0.25, 0.3) is 0 Å². The maximum absolute atomic E-state index is 9.38. The molecule has 0 heterocycles. The van der Waals surface area contributed by atoms with Gasteiger partial charge in [-0.05, 0) is 28.8 Å². The van der Waals surface area contributed by atoms with Crippen molar-refractivity contribution in [1.29, 1.82) is 0 Å². The van der Waals surface area contributed by atoms with Crippen molar-refractivity contribution in [3.8, 4) is 0 Å². The highest BCUT2D eigenvalue weighted by atomic mass is 32.0. The van der Waals surface area contributed by atoms with Gasteiger partial charge in [0.2, 0.25) is 0 Å². The third-order valence-corrected chi connectivity index (χ3v) is 3.83. The minimum Gasteiger partial charge on any atom is -0.392 e. The molecule has 0 aromatic rings. The molecule has 0 radical (unpaired) electrons. The first-order chi connectivity index (χ1) is 4.63. The van der Waals surface area contributed by atoms with E-state index in [0.717, 1.165) is 6.42 Å². The van der Waals surface area contributed by atoms with Gasteiger partial charge in [0, 0.05) is 6.04 Å². The van der Waals surface area contributed by atoms with Crippen LogP contribution in [-0.2, 0) is 0 Å². The molecular formula is C6H17NOP2. The monoisotopic (exact) mass is 181 g/mol. The molecule has 0 rings (SSSR count). The zero-order valence-corrected chi connectivity index (χ0v) is 8.99. The zero-order valence-electron chi connectivity index (χ0n) is 6.83. The molecule has 10 heavy (non-hydrogen) atoms. The molecule has 1 N–H and O–H groups in total. The Bertz CT molecular complexity index is 81.8. The number of nitrogens with zero attached hydrogens (tertiary/aromatic N) is 1. The van der Waals surface area contributed by atoms with Gasteiger partial charge in [-0.15, -0.1) is 0 Å². The Labute approximate surface area is 67.3 Å². The largest absolute Gasteiger partial charge is 0.392 e. The van der Waals surface area contributed by atoms with E-state index >= 15 is 0 Å². The summed E-state index contributed by atoms with van der Waals surface area (Å²) in [6.45, 7) is 4.05. The van der Waals surface area contributed by atoms with Crippen LogP contribution in [0.15, 0.2) is 0 Å². The summed E-state index contributed by atoms with van der Waals surface area (Å²) in [6.07, 6.45) is 0.652. The third-order valence-electron chi connectivity index (χ3n) is 1.79. The molecule has 0 amide bonds. The van der Waals surface area contributed by atoms with Crippen LogP contribution in [-0.4, -0.2) is 29.0 Å². The van der Waals surface area contributed by atoms with E-state index in [0.29, 0.717) is 8.42 Å². The van der Waals surface area contributed by atoms with E-state index < -0.39 is 0 Å². The average Bonchev–Trinajstić information content (AvgIpc) is 2.00. The van der Waals surface area contributed by atoms with Crippen molar-refractivity contribution in [2.75, 3.05) is 7.05 Å². The molecule has 0 aliphatic heterocycles. The number of hydrogen-bond acceptors (Lipinski definition) is 2. The Kier molecular flexibility index (Phi) is 5.86. The standard InChI is InChI=1S/C6H17NOP2/c1-4-6(8)5(2)7(3)10-9/h5-6,8,10H,4,9H2,1-3H3. The van der Waals surface area contributed by atoms with E-state index in [2.05, 4.69) is 13.6 Å². The molecule has 0 saturated carbocycles. The molecule has 0 aromatic heterocycles. The van der Waals surface area contributed by atoms with E-state index in [4.69, 9.17) is 0 Å². The minimum atomic E-state index is -0.182. The van der Waals surface area contributed by atoms with Crippen molar-refractivity contribution in [3.05, 3.63) is 0 Å². The summed E-state index contributed by atoms with van der Waals surface area (Å²) in [5, 5.41) is 9.38. The summed E-state index contributed by atoms with van der Waals surface area (Å²) >= 11 is 0. The van der Waals surface area contributed by atoms with Crippen molar-refractivity contribution in [2.45, 2.75) is 32.4 Å². The molecular weight excluding hydrogens is 164 g/mol. The third kappa shape index (κ3) is 3.25.